The van der Waals surface area contributed by atoms with Gasteiger partial charge in [-0.15, -0.1) is 0 Å². The second-order valence-corrected chi connectivity index (χ2v) is 5.38. The number of hydrogen-bond donors (Lipinski definition) is 2. The van der Waals surface area contributed by atoms with Crippen LogP contribution in [0.2, 0.25) is 5.02 Å². The van der Waals surface area contributed by atoms with E-state index in [9.17, 15) is 9.59 Å². The van der Waals surface area contributed by atoms with Crippen molar-refractivity contribution in [3.63, 3.8) is 0 Å². The molecule has 110 valence electrons. The molecule has 1 aromatic heterocycles. The zero-order chi connectivity index (χ0) is 15.4. The Kier molecular flexibility index (Phi) is 5.03. The van der Waals surface area contributed by atoms with Gasteiger partial charge in [0.05, 0.1) is 22.3 Å². The lowest BCUT2D eigenvalue weighted by Crippen LogP contribution is -2.15. The standard InChI is InChI=1S/C14H12BrClN2O3/c1-2-21-13-10(15)5-9(16)6-11(13)18-14(20)8-3-4-12(19)17-7-8/h3-7H,2H2,1H3,(H,17,19)(H,18,20). The Balaban J connectivity index is 2.32. The fraction of sp³-hybridized carbons (Fsp3) is 0.143. The lowest BCUT2D eigenvalue weighted by atomic mass is 10.2. The largest absolute Gasteiger partial charge is 0.491 e. The van der Waals surface area contributed by atoms with Crippen LogP contribution in [0.25, 0.3) is 0 Å². The molecule has 0 spiro atoms. The molecule has 0 fully saturated rings. The van der Waals surface area contributed by atoms with Gasteiger partial charge in [0.25, 0.3) is 5.91 Å². The van der Waals surface area contributed by atoms with Crippen molar-refractivity contribution in [3.8, 4) is 5.75 Å². The van der Waals surface area contributed by atoms with E-state index in [2.05, 4.69) is 26.2 Å². The third kappa shape index (κ3) is 3.86. The number of nitrogens with one attached hydrogen (secondary N) is 2. The topological polar surface area (TPSA) is 71.2 Å². The van der Waals surface area contributed by atoms with E-state index in [1.165, 1.54) is 18.3 Å². The van der Waals surface area contributed by atoms with Crippen molar-refractivity contribution in [1.29, 1.82) is 0 Å². The highest BCUT2D eigenvalue weighted by Crippen LogP contribution is 2.36. The first-order valence-electron chi connectivity index (χ1n) is 6.13. The SMILES string of the molecule is CCOc1c(Br)cc(Cl)cc1NC(=O)c1ccc(=O)[nH]c1. The summed E-state index contributed by atoms with van der Waals surface area (Å²) >= 11 is 9.33. The van der Waals surface area contributed by atoms with Gasteiger partial charge >= 0.3 is 0 Å². The zero-order valence-electron chi connectivity index (χ0n) is 11.1. The lowest BCUT2D eigenvalue weighted by Gasteiger charge is -2.13. The summed E-state index contributed by atoms with van der Waals surface area (Å²) in [6.07, 6.45) is 1.34. The van der Waals surface area contributed by atoms with Crippen LogP contribution in [0.1, 0.15) is 17.3 Å². The van der Waals surface area contributed by atoms with Gasteiger partial charge in [0.15, 0.2) is 5.75 Å². The molecule has 1 heterocycles. The number of amides is 1. The Morgan fingerprint density at radius 3 is 2.81 bits per heavy atom. The second kappa shape index (κ2) is 6.78. The minimum atomic E-state index is -0.374. The zero-order valence-corrected chi connectivity index (χ0v) is 13.4. The van der Waals surface area contributed by atoms with Gasteiger partial charge in [-0.3, -0.25) is 9.59 Å². The molecule has 0 unspecified atom stereocenters. The highest BCUT2D eigenvalue weighted by Gasteiger charge is 2.14. The molecule has 2 rings (SSSR count). The summed E-state index contributed by atoms with van der Waals surface area (Å²) in [6, 6.07) is 6.00. The van der Waals surface area contributed by atoms with Crippen LogP contribution in [0.3, 0.4) is 0 Å². The van der Waals surface area contributed by atoms with Crippen molar-refractivity contribution in [2.75, 3.05) is 11.9 Å². The number of aromatic amines is 1. The summed E-state index contributed by atoms with van der Waals surface area (Å²) in [5, 5.41) is 3.17. The number of pyridine rings is 1. The van der Waals surface area contributed by atoms with Gasteiger partial charge in [-0.25, -0.2) is 0 Å². The third-order valence-corrected chi connectivity index (χ3v) is 3.40. The maximum absolute atomic E-state index is 12.2. The molecule has 0 aliphatic heterocycles. The predicted octanol–water partition coefficient (Wildman–Crippen LogP) is 3.44. The minimum absolute atomic E-state index is 0.271. The maximum Gasteiger partial charge on any atom is 0.257 e. The molecule has 0 aliphatic rings. The number of anilines is 1. The number of hydrogen-bond acceptors (Lipinski definition) is 3. The number of ether oxygens (including phenoxy) is 1. The second-order valence-electron chi connectivity index (χ2n) is 4.09. The number of rotatable bonds is 4. The Labute approximate surface area is 134 Å². The fourth-order valence-corrected chi connectivity index (χ4v) is 2.62. The van der Waals surface area contributed by atoms with Gasteiger partial charge in [0, 0.05) is 17.3 Å². The number of carbonyl (C=O) groups is 1. The summed E-state index contributed by atoms with van der Waals surface area (Å²) in [7, 11) is 0. The van der Waals surface area contributed by atoms with E-state index in [0.717, 1.165) is 0 Å². The van der Waals surface area contributed by atoms with Gasteiger partial charge < -0.3 is 15.0 Å². The molecule has 21 heavy (non-hydrogen) atoms. The van der Waals surface area contributed by atoms with Crippen molar-refractivity contribution in [1.82, 2.24) is 4.98 Å². The van der Waals surface area contributed by atoms with Crippen LogP contribution in [-0.2, 0) is 0 Å². The van der Waals surface area contributed by atoms with Crippen molar-refractivity contribution in [3.05, 3.63) is 55.9 Å². The Bertz CT molecular complexity index is 710. The van der Waals surface area contributed by atoms with E-state index in [1.807, 2.05) is 6.92 Å². The molecule has 2 N–H and O–H groups in total. The third-order valence-electron chi connectivity index (χ3n) is 2.59. The number of aromatic nitrogens is 1. The number of H-pyrrole nitrogens is 1. The fourth-order valence-electron chi connectivity index (χ4n) is 1.69. The highest BCUT2D eigenvalue weighted by molar-refractivity contribution is 9.10. The summed E-state index contributed by atoms with van der Waals surface area (Å²) in [5.41, 5.74) is 0.507. The number of carbonyl (C=O) groups excluding carboxylic acids is 1. The van der Waals surface area contributed by atoms with E-state index in [0.29, 0.717) is 33.1 Å². The predicted molar refractivity (Wildman–Crippen MR) is 85.3 cm³/mol. The molecule has 1 aromatic carbocycles. The first kappa shape index (κ1) is 15.6. The van der Waals surface area contributed by atoms with E-state index in [1.54, 1.807) is 12.1 Å². The van der Waals surface area contributed by atoms with Crippen molar-refractivity contribution >= 4 is 39.1 Å². The van der Waals surface area contributed by atoms with Crippen molar-refractivity contribution in [2.45, 2.75) is 6.92 Å². The van der Waals surface area contributed by atoms with Gasteiger partial charge in [0.2, 0.25) is 5.56 Å². The van der Waals surface area contributed by atoms with Crippen molar-refractivity contribution in [2.24, 2.45) is 0 Å². The molecular formula is C14H12BrClN2O3. The molecule has 5 nitrogen and oxygen atoms in total. The van der Waals surface area contributed by atoms with E-state index in [4.69, 9.17) is 16.3 Å². The normalized spacial score (nSPS) is 10.2. The summed E-state index contributed by atoms with van der Waals surface area (Å²) in [6.45, 7) is 2.29. The van der Waals surface area contributed by atoms with Crippen LogP contribution in [-0.4, -0.2) is 17.5 Å². The average molecular weight is 372 g/mol. The smallest absolute Gasteiger partial charge is 0.257 e. The van der Waals surface area contributed by atoms with Gasteiger partial charge in [-0.2, -0.15) is 0 Å². The van der Waals surface area contributed by atoms with Crippen LogP contribution < -0.4 is 15.6 Å². The summed E-state index contributed by atoms with van der Waals surface area (Å²) in [4.78, 5) is 25.6. The molecule has 1 amide bonds. The van der Waals surface area contributed by atoms with Crippen molar-refractivity contribution < 1.29 is 9.53 Å². The maximum atomic E-state index is 12.2. The molecule has 0 atom stereocenters. The number of halogens is 2. The van der Waals surface area contributed by atoms with E-state index in [-0.39, 0.29) is 11.5 Å². The Hall–Kier alpha value is -1.79. The van der Waals surface area contributed by atoms with E-state index < -0.39 is 0 Å². The molecular weight excluding hydrogens is 360 g/mol. The Morgan fingerprint density at radius 1 is 1.43 bits per heavy atom. The molecule has 0 radical (unpaired) electrons. The van der Waals surface area contributed by atoms with Crippen LogP contribution in [0.4, 0.5) is 5.69 Å². The molecule has 0 saturated carbocycles. The first-order valence-corrected chi connectivity index (χ1v) is 7.30. The molecule has 2 aromatic rings. The monoisotopic (exact) mass is 370 g/mol. The van der Waals surface area contributed by atoms with Crippen LogP contribution in [0.15, 0.2) is 39.7 Å². The molecule has 0 aliphatic carbocycles. The van der Waals surface area contributed by atoms with Crippen LogP contribution >= 0.6 is 27.5 Å². The van der Waals surface area contributed by atoms with Crippen LogP contribution in [0.5, 0.6) is 5.75 Å². The molecule has 7 heteroatoms. The lowest BCUT2D eigenvalue weighted by molar-refractivity contribution is 0.102. The average Bonchev–Trinajstić information content (AvgIpc) is 2.43. The summed E-state index contributed by atoms with van der Waals surface area (Å²) in [5.74, 6) is 0.126. The first-order chi connectivity index (χ1) is 10.0. The minimum Gasteiger partial charge on any atom is -0.491 e. The van der Waals surface area contributed by atoms with E-state index >= 15 is 0 Å². The van der Waals surface area contributed by atoms with Gasteiger partial charge in [-0.05, 0) is 41.1 Å². The summed E-state index contributed by atoms with van der Waals surface area (Å²) < 4.78 is 6.15. The van der Waals surface area contributed by atoms with Gasteiger partial charge in [0.1, 0.15) is 0 Å². The van der Waals surface area contributed by atoms with Gasteiger partial charge in [-0.1, -0.05) is 11.6 Å². The van der Waals surface area contributed by atoms with Crippen LogP contribution in [0, 0.1) is 0 Å². The molecule has 0 saturated heterocycles. The number of benzene rings is 1. The quantitative estimate of drug-likeness (QED) is 0.865. The molecule has 0 bridgehead atoms. The Morgan fingerprint density at radius 2 is 2.19 bits per heavy atom. The highest BCUT2D eigenvalue weighted by atomic mass is 79.9.